The Kier molecular flexibility index (Phi) is 6.69. The minimum Gasteiger partial charge on any atom is -0.507 e. The van der Waals surface area contributed by atoms with Crippen molar-refractivity contribution in [2.45, 2.75) is 62.1 Å². The Labute approximate surface area is 237 Å². The van der Waals surface area contributed by atoms with Crippen LogP contribution in [0.1, 0.15) is 60.0 Å². The van der Waals surface area contributed by atoms with Gasteiger partial charge in [0.05, 0.1) is 23.2 Å². The number of ketones is 4. The Morgan fingerprint density at radius 2 is 1.73 bits per heavy atom. The molecule has 0 bridgehead atoms. The number of aromatic hydroxyl groups is 1. The van der Waals surface area contributed by atoms with E-state index in [4.69, 9.17) is 17.2 Å². The van der Waals surface area contributed by atoms with Crippen LogP contribution in [0.25, 0.3) is 0 Å². The van der Waals surface area contributed by atoms with Gasteiger partial charge in [0.25, 0.3) is 0 Å². The molecule has 2 unspecified atom stereocenters. The molecular weight excluding hydrogens is 526 g/mol. The summed E-state index contributed by atoms with van der Waals surface area (Å²) in [5.41, 5.74) is 13.1. The highest BCUT2D eigenvalue weighted by atomic mass is 16.3. The van der Waals surface area contributed by atoms with Crippen molar-refractivity contribution in [3.63, 3.8) is 0 Å². The summed E-state index contributed by atoms with van der Waals surface area (Å²) in [7, 11) is 2.93. The van der Waals surface area contributed by atoms with Crippen molar-refractivity contribution < 1.29 is 29.1 Å². The minimum absolute atomic E-state index is 0.129. The number of nitrogens with two attached hydrogens (primary N) is 3. The van der Waals surface area contributed by atoms with E-state index in [1.54, 1.807) is 12.1 Å². The van der Waals surface area contributed by atoms with Gasteiger partial charge in [0.1, 0.15) is 11.7 Å². The number of phenols is 1. The number of fused-ring (bicyclic) bond motifs is 3. The molecule has 4 aliphatic carbocycles. The minimum atomic E-state index is -2.76. The maximum Gasteiger partial charge on any atom is 0.235 e. The van der Waals surface area contributed by atoms with Crippen molar-refractivity contribution in [2.75, 3.05) is 14.1 Å². The van der Waals surface area contributed by atoms with E-state index >= 15 is 0 Å². The molecule has 0 heterocycles. The van der Waals surface area contributed by atoms with Crippen LogP contribution in [0.15, 0.2) is 12.1 Å². The molecule has 0 aromatic heterocycles. The van der Waals surface area contributed by atoms with E-state index in [0.29, 0.717) is 11.1 Å². The summed E-state index contributed by atoms with van der Waals surface area (Å²) in [5.74, 6) is -3.26. The molecule has 1 aromatic carbocycles. The summed E-state index contributed by atoms with van der Waals surface area (Å²) in [6, 6.07) is 3.17. The molecule has 0 spiro atoms. The van der Waals surface area contributed by atoms with Gasteiger partial charge in [0.2, 0.25) is 5.91 Å². The van der Waals surface area contributed by atoms with Crippen LogP contribution < -0.4 is 17.2 Å². The van der Waals surface area contributed by atoms with Gasteiger partial charge in [0, 0.05) is 17.0 Å². The van der Waals surface area contributed by atoms with E-state index in [0.717, 1.165) is 32.1 Å². The third-order valence-corrected chi connectivity index (χ3v) is 9.49. The van der Waals surface area contributed by atoms with Crippen LogP contribution >= 0.6 is 0 Å². The van der Waals surface area contributed by atoms with E-state index in [9.17, 15) is 34.3 Å². The zero-order valence-electron chi connectivity index (χ0n) is 23.0. The molecule has 0 radical (unpaired) electrons. The zero-order valence-corrected chi connectivity index (χ0v) is 23.0. The van der Waals surface area contributed by atoms with Crippen molar-refractivity contribution in [3.8, 4) is 23.7 Å². The van der Waals surface area contributed by atoms with Crippen LogP contribution in [0.2, 0.25) is 0 Å². The quantitative estimate of drug-likeness (QED) is 0.275. The van der Waals surface area contributed by atoms with E-state index in [2.05, 4.69) is 11.8 Å². The van der Waals surface area contributed by atoms with Gasteiger partial charge < -0.3 is 22.3 Å². The second kappa shape index (κ2) is 9.59. The predicted molar refractivity (Wildman–Crippen MR) is 145 cm³/mol. The molecule has 1 aromatic rings. The lowest BCUT2D eigenvalue weighted by Crippen LogP contribution is -2.85. The molecule has 11 nitrogen and oxygen atoms in total. The van der Waals surface area contributed by atoms with Crippen LogP contribution in [-0.2, 0) is 25.6 Å². The van der Waals surface area contributed by atoms with Gasteiger partial charge in [-0.1, -0.05) is 31.1 Å². The first-order valence-corrected chi connectivity index (χ1v) is 13.7. The number of carbonyl (C=O) groups is 5. The number of hydrogen-bond donors (Lipinski definition) is 4. The van der Waals surface area contributed by atoms with Crippen molar-refractivity contribution in [1.82, 2.24) is 4.90 Å². The normalized spacial score (nSPS) is 35.1. The van der Waals surface area contributed by atoms with Gasteiger partial charge in [-0.15, -0.1) is 0 Å². The molecule has 7 N–H and O–H groups in total. The van der Waals surface area contributed by atoms with E-state index in [-0.39, 0.29) is 23.7 Å². The standard InChI is InChI=1S/C30H33N5O6/c1-35(2)24-23(38)20(27(32)41)25(39)29(14-31)26(40)21-22(37)19-17(12-28(21,33)13-30(24,29)34)16(10-11-18(19)36)9-8-15-6-4-3-5-7-15/h10-11,15,20-21,24,36H,3-7,12-13,33-34H2,1-2H3,(H2,32,41)/t20?,21?,24-,28-,29+,30-/m1/s1. The number of hydrogen-bond acceptors (Lipinski definition) is 10. The molecule has 3 fully saturated rings. The Balaban J connectivity index is 1.70. The smallest absolute Gasteiger partial charge is 0.235 e. The fraction of sp³-hybridized carbons (Fsp3) is 0.533. The summed E-state index contributed by atoms with van der Waals surface area (Å²) in [6.45, 7) is 0. The van der Waals surface area contributed by atoms with Gasteiger partial charge in [-0.3, -0.25) is 28.9 Å². The highest BCUT2D eigenvalue weighted by molar-refractivity contribution is 6.33. The van der Waals surface area contributed by atoms with E-state index < -0.39 is 69.8 Å². The lowest BCUT2D eigenvalue weighted by atomic mass is 9.42. The van der Waals surface area contributed by atoms with Crippen LogP contribution in [0.4, 0.5) is 0 Å². The fourth-order valence-corrected chi connectivity index (χ4v) is 7.75. The summed E-state index contributed by atoms with van der Waals surface area (Å²) >= 11 is 0. The van der Waals surface area contributed by atoms with Gasteiger partial charge in [-0.25, -0.2) is 0 Å². The van der Waals surface area contributed by atoms with Gasteiger partial charge in [0.15, 0.2) is 34.5 Å². The van der Waals surface area contributed by atoms with E-state index in [1.807, 2.05) is 0 Å². The first-order valence-electron chi connectivity index (χ1n) is 13.7. The molecule has 3 saturated carbocycles. The second-order valence-corrected chi connectivity index (χ2v) is 12.2. The van der Waals surface area contributed by atoms with E-state index in [1.165, 1.54) is 25.1 Å². The monoisotopic (exact) mass is 559 g/mol. The number of rotatable bonds is 2. The Bertz CT molecular complexity index is 1510. The maximum atomic E-state index is 14.3. The Morgan fingerprint density at radius 1 is 1.07 bits per heavy atom. The topological polar surface area (TPSA) is 211 Å². The molecule has 5 rings (SSSR count). The highest BCUT2D eigenvalue weighted by Gasteiger charge is 2.78. The highest BCUT2D eigenvalue weighted by Crippen LogP contribution is 2.56. The number of carbonyl (C=O) groups excluding carboxylic acids is 5. The lowest BCUT2D eigenvalue weighted by molar-refractivity contribution is -0.166. The number of primary amides is 1. The Morgan fingerprint density at radius 3 is 2.32 bits per heavy atom. The molecule has 4 aliphatic rings. The van der Waals surface area contributed by atoms with Crippen LogP contribution in [0.5, 0.6) is 5.75 Å². The largest absolute Gasteiger partial charge is 0.507 e. The average Bonchev–Trinajstić information content (AvgIpc) is 2.87. The van der Waals surface area contributed by atoms with Crippen LogP contribution in [0, 0.1) is 46.3 Å². The third kappa shape index (κ3) is 3.80. The number of nitrogens with zero attached hydrogens (tertiary/aromatic N) is 2. The molecule has 11 heteroatoms. The van der Waals surface area contributed by atoms with Crippen LogP contribution in [-0.4, -0.2) is 70.3 Å². The SMILES string of the molecule is CN(C)[C@@H]1C(=O)C(C(N)=O)C(=O)[C@@]2(C#N)C(=O)C3C(=O)c4c(O)ccc(C#CC5CCCCC5)c4C[C@@]3(N)C[C@@]12N. The molecule has 0 aliphatic heterocycles. The number of phenolic OH excluding ortho intramolecular Hbond substituents is 1. The number of Topliss-reactive ketones (excluding diaryl/α,β-unsaturated/α-hetero) is 4. The first kappa shape index (κ1) is 28.6. The number of benzene rings is 1. The molecule has 6 atom stereocenters. The summed E-state index contributed by atoms with van der Waals surface area (Å²) in [6.07, 6.45) is 4.69. The van der Waals surface area contributed by atoms with Crippen LogP contribution in [0.3, 0.4) is 0 Å². The van der Waals surface area contributed by atoms with Gasteiger partial charge >= 0.3 is 0 Å². The summed E-state index contributed by atoms with van der Waals surface area (Å²) < 4.78 is 0. The van der Waals surface area contributed by atoms with Gasteiger partial charge in [-0.05, 0) is 57.5 Å². The lowest BCUT2D eigenvalue weighted by Gasteiger charge is -2.60. The molecule has 41 heavy (non-hydrogen) atoms. The number of likely N-dealkylation sites (N-methyl/N-ethyl adjacent to an activating group) is 1. The van der Waals surface area contributed by atoms with Crippen molar-refractivity contribution >= 4 is 29.0 Å². The average molecular weight is 560 g/mol. The number of nitriles is 1. The molecule has 214 valence electrons. The molecule has 0 saturated heterocycles. The zero-order chi connectivity index (χ0) is 30.1. The fourth-order valence-electron chi connectivity index (χ4n) is 7.75. The summed E-state index contributed by atoms with van der Waals surface area (Å²) in [5, 5.41) is 21.2. The Hall–Kier alpha value is -3.90. The third-order valence-electron chi connectivity index (χ3n) is 9.49. The van der Waals surface area contributed by atoms with Crippen molar-refractivity contribution in [3.05, 3.63) is 28.8 Å². The molecule has 1 amide bonds. The van der Waals surface area contributed by atoms with Crippen molar-refractivity contribution in [1.29, 1.82) is 5.26 Å². The predicted octanol–water partition coefficient (Wildman–Crippen LogP) is -0.260. The summed E-state index contributed by atoms with van der Waals surface area (Å²) in [4.78, 5) is 69.2. The molecular formula is C30H33N5O6. The first-order chi connectivity index (χ1) is 19.2. The number of amides is 1. The second-order valence-electron chi connectivity index (χ2n) is 12.2. The maximum absolute atomic E-state index is 14.3. The van der Waals surface area contributed by atoms with Crippen molar-refractivity contribution in [2.24, 2.45) is 40.4 Å². The van der Waals surface area contributed by atoms with Gasteiger partial charge in [-0.2, -0.15) is 5.26 Å².